The number of H-pyrrole nitrogens is 2. The highest BCUT2D eigenvalue weighted by Gasteiger charge is 2.13. The Kier molecular flexibility index (Phi) is 5.61. The monoisotopic (exact) mass is 353 g/mol. The Morgan fingerprint density at radius 3 is 2.62 bits per heavy atom. The van der Waals surface area contributed by atoms with Gasteiger partial charge in [0.2, 0.25) is 5.91 Å². The molecular weight excluding hydrogens is 336 g/mol. The van der Waals surface area contributed by atoms with Crippen LogP contribution in [0.4, 0.5) is 8.78 Å². The van der Waals surface area contributed by atoms with Crippen LogP contribution in [0.15, 0.2) is 23.0 Å². The fourth-order valence-corrected chi connectivity index (χ4v) is 2.59. The van der Waals surface area contributed by atoms with Crippen molar-refractivity contribution in [3.63, 3.8) is 0 Å². The second-order valence-corrected chi connectivity index (χ2v) is 5.88. The van der Waals surface area contributed by atoms with Gasteiger partial charge in [-0.25, -0.2) is 8.78 Å². The molecule has 2 rings (SSSR count). The van der Waals surface area contributed by atoms with E-state index in [-0.39, 0.29) is 29.1 Å². The van der Waals surface area contributed by atoms with E-state index >= 15 is 0 Å². The van der Waals surface area contributed by atoms with Gasteiger partial charge in [0.25, 0.3) is 5.56 Å². The van der Waals surface area contributed by atoms with Gasteiger partial charge in [-0.2, -0.15) is 0 Å². The third-order valence-electron chi connectivity index (χ3n) is 3.68. The summed E-state index contributed by atoms with van der Waals surface area (Å²) in [6, 6.07) is 3.00. The van der Waals surface area contributed by atoms with Crippen LogP contribution >= 0.6 is 12.2 Å². The Balaban J connectivity index is 1.99. The van der Waals surface area contributed by atoms with Gasteiger partial charge in [0.1, 0.15) is 0 Å². The average Bonchev–Trinajstić information content (AvgIpc) is 2.48. The molecular formula is C16H17F2N3O2S. The smallest absolute Gasteiger partial charge is 0.255 e. The van der Waals surface area contributed by atoms with Crippen LogP contribution in [0.2, 0.25) is 0 Å². The van der Waals surface area contributed by atoms with Gasteiger partial charge in [0.15, 0.2) is 16.4 Å². The number of rotatable bonds is 5. The minimum atomic E-state index is -0.963. The first-order chi connectivity index (χ1) is 11.3. The first-order valence-electron chi connectivity index (χ1n) is 7.34. The van der Waals surface area contributed by atoms with Crippen molar-refractivity contribution in [2.75, 3.05) is 0 Å². The fraction of sp³-hybridized carbons (Fsp3) is 0.312. The number of halogens is 2. The number of carbonyl (C=O) groups excluding carboxylic acids is 1. The van der Waals surface area contributed by atoms with Gasteiger partial charge < -0.3 is 10.3 Å². The summed E-state index contributed by atoms with van der Waals surface area (Å²) in [5, 5.41) is 2.69. The second kappa shape index (κ2) is 7.48. The number of carbonyl (C=O) groups is 1. The van der Waals surface area contributed by atoms with E-state index in [0.29, 0.717) is 16.8 Å². The number of nitrogens with one attached hydrogen (secondary N) is 3. The summed E-state index contributed by atoms with van der Waals surface area (Å²) >= 11 is 4.87. The van der Waals surface area contributed by atoms with Gasteiger partial charge in [-0.3, -0.25) is 14.6 Å². The largest absolute Gasteiger partial charge is 0.350 e. The van der Waals surface area contributed by atoms with Crippen molar-refractivity contribution in [1.29, 1.82) is 0 Å². The predicted octanol–water partition coefficient (Wildman–Crippen LogP) is 2.83. The predicted molar refractivity (Wildman–Crippen MR) is 88.2 cm³/mol. The molecule has 1 aromatic heterocycles. The van der Waals surface area contributed by atoms with Gasteiger partial charge >= 0.3 is 0 Å². The molecule has 0 bridgehead atoms. The molecule has 3 N–H and O–H groups in total. The molecule has 1 aromatic carbocycles. The Morgan fingerprint density at radius 1 is 1.29 bits per heavy atom. The zero-order chi connectivity index (χ0) is 17.9. The third kappa shape index (κ3) is 4.35. The van der Waals surface area contributed by atoms with Gasteiger partial charge in [0, 0.05) is 17.7 Å². The first kappa shape index (κ1) is 18.0. The average molecular weight is 353 g/mol. The number of aryl methyl sites for hydroxylation is 1. The fourth-order valence-electron chi connectivity index (χ4n) is 2.34. The Labute approximate surface area is 142 Å². The van der Waals surface area contributed by atoms with Gasteiger partial charge in [0.05, 0.1) is 6.04 Å². The quantitative estimate of drug-likeness (QED) is 0.724. The van der Waals surface area contributed by atoms with Crippen molar-refractivity contribution in [3.8, 4) is 0 Å². The number of hydrogen-bond donors (Lipinski definition) is 3. The van der Waals surface area contributed by atoms with Crippen molar-refractivity contribution in [2.45, 2.75) is 32.7 Å². The number of aromatic amines is 2. The Morgan fingerprint density at radius 2 is 2.00 bits per heavy atom. The van der Waals surface area contributed by atoms with Gasteiger partial charge in [-0.1, -0.05) is 6.07 Å². The minimum Gasteiger partial charge on any atom is -0.350 e. The summed E-state index contributed by atoms with van der Waals surface area (Å²) in [5.74, 6) is -2.20. The molecule has 0 saturated heterocycles. The van der Waals surface area contributed by atoms with E-state index in [1.165, 1.54) is 6.07 Å². The molecule has 1 amide bonds. The molecule has 0 fully saturated rings. The van der Waals surface area contributed by atoms with E-state index in [1.807, 2.05) is 0 Å². The van der Waals surface area contributed by atoms with Crippen molar-refractivity contribution >= 4 is 18.1 Å². The summed E-state index contributed by atoms with van der Waals surface area (Å²) in [6.45, 7) is 3.38. The zero-order valence-corrected chi connectivity index (χ0v) is 14.0. The molecule has 0 aliphatic heterocycles. The normalized spacial score (nSPS) is 12.0. The maximum atomic E-state index is 13.2. The molecule has 0 aliphatic carbocycles. The van der Waals surface area contributed by atoms with Crippen molar-refractivity contribution < 1.29 is 13.6 Å². The molecule has 0 unspecified atom stereocenters. The van der Waals surface area contributed by atoms with Crippen LogP contribution in [0, 0.1) is 23.3 Å². The third-order valence-corrected chi connectivity index (χ3v) is 3.88. The van der Waals surface area contributed by atoms with Crippen LogP contribution in [0.3, 0.4) is 0 Å². The Hall–Kier alpha value is -2.35. The molecule has 0 aliphatic rings. The first-order valence-corrected chi connectivity index (χ1v) is 7.75. The summed E-state index contributed by atoms with van der Waals surface area (Å²) in [5.41, 5.74) is 1.21. The zero-order valence-electron chi connectivity index (χ0n) is 13.2. The maximum absolute atomic E-state index is 13.2. The minimum absolute atomic E-state index is 0.0859. The molecule has 2 aromatic rings. The van der Waals surface area contributed by atoms with Crippen LogP contribution in [0.25, 0.3) is 0 Å². The van der Waals surface area contributed by atoms with E-state index in [0.717, 1.165) is 12.1 Å². The lowest BCUT2D eigenvalue weighted by atomic mass is 10.1. The standard InChI is InChI=1S/C16H17F2N3O2S/c1-8(10-3-5-12(17)13(18)7-10)19-14(22)6-4-11-9(2)20-16(24)21-15(11)23/h3,5,7-8H,4,6H2,1-2H3,(H,19,22)(H2,20,21,23,24)/t8-/m1/s1. The van der Waals surface area contributed by atoms with Crippen molar-refractivity contribution in [3.05, 3.63) is 61.8 Å². The molecule has 8 heteroatoms. The lowest BCUT2D eigenvalue weighted by Gasteiger charge is -2.14. The Bertz CT molecular complexity index is 876. The number of aromatic nitrogens is 2. The van der Waals surface area contributed by atoms with Crippen LogP contribution < -0.4 is 10.9 Å². The van der Waals surface area contributed by atoms with Crippen molar-refractivity contribution in [2.24, 2.45) is 0 Å². The second-order valence-electron chi connectivity index (χ2n) is 5.47. The lowest BCUT2D eigenvalue weighted by molar-refractivity contribution is -0.121. The highest BCUT2D eigenvalue weighted by atomic mass is 32.1. The molecule has 1 heterocycles. The van der Waals surface area contributed by atoms with Gasteiger partial charge in [-0.05, 0) is 50.2 Å². The molecule has 5 nitrogen and oxygen atoms in total. The summed E-state index contributed by atoms with van der Waals surface area (Å²) in [4.78, 5) is 29.2. The molecule has 0 saturated carbocycles. The van der Waals surface area contributed by atoms with Gasteiger partial charge in [-0.15, -0.1) is 0 Å². The molecule has 0 radical (unpaired) electrons. The highest BCUT2D eigenvalue weighted by molar-refractivity contribution is 7.71. The molecule has 24 heavy (non-hydrogen) atoms. The van der Waals surface area contributed by atoms with Crippen LogP contribution in [-0.2, 0) is 11.2 Å². The van der Waals surface area contributed by atoms with E-state index in [1.54, 1.807) is 13.8 Å². The van der Waals surface area contributed by atoms with Crippen LogP contribution in [-0.4, -0.2) is 15.9 Å². The van der Waals surface area contributed by atoms with Crippen molar-refractivity contribution in [1.82, 2.24) is 15.3 Å². The van der Waals surface area contributed by atoms with E-state index in [9.17, 15) is 18.4 Å². The number of amides is 1. The lowest BCUT2D eigenvalue weighted by Crippen LogP contribution is -2.28. The topological polar surface area (TPSA) is 77.8 Å². The summed E-state index contributed by atoms with van der Waals surface area (Å²) < 4.78 is 26.4. The highest BCUT2D eigenvalue weighted by Crippen LogP contribution is 2.16. The van der Waals surface area contributed by atoms with Crippen LogP contribution in [0.5, 0.6) is 0 Å². The van der Waals surface area contributed by atoms with E-state index in [2.05, 4.69) is 15.3 Å². The molecule has 128 valence electrons. The van der Waals surface area contributed by atoms with Crippen LogP contribution in [0.1, 0.15) is 36.2 Å². The maximum Gasteiger partial charge on any atom is 0.255 e. The molecule has 1 atom stereocenters. The summed E-state index contributed by atoms with van der Waals surface area (Å²) in [7, 11) is 0. The number of benzene rings is 1. The summed E-state index contributed by atoms with van der Waals surface area (Å²) in [6.07, 6.45) is 0.326. The molecule has 0 spiro atoms. The van der Waals surface area contributed by atoms with E-state index < -0.39 is 17.7 Å². The van der Waals surface area contributed by atoms with E-state index in [4.69, 9.17) is 12.2 Å². The number of hydrogen-bond acceptors (Lipinski definition) is 3. The SMILES string of the molecule is Cc1[nH]c(=S)[nH]c(=O)c1CCC(=O)N[C@H](C)c1ccc(F)c(F)c1.